The molecule has 0 aliphatic rings. The van der Waals surface area contributed by atoms with Crippen LogP contribution in [0.15, 0.2) is 21.5 Å². The van der Waals surface area contributed by atoms with Gasteiger partial charge in [0, 0.05) is 10.2 Å². The molecule has 0 saturated carbocycles. The highest BCUT2D eigenvalue weighted by atomic mass is 79.9. The number of nitrogen functional groups attached to an aromatic ring is 1. The number of rotatable bonds is 3. The first-order valence-electron chi connectivity index (χ1n) is 5.12. The summed E-state index contributed by atoms with van der Waals surface area (Å²) in [5.74, 6) is -0.0941. The fourth-order valence-corrected chi connectivity index (χ4v) is 3.11. The van der Waals surface area contributed by atoms with E-state index in [9.17, 15) is 8.42 Å². The van der Waals surface area contributed by atoms with E-state index in [0.717, 1.165) is 4.80 Å². The van der Waals surface area contributed by atoms with Gasteiger partial charge in [0.1, 0.15) is 0 Å². The van der Waals surface area contributed by atoms with Crippen LogP contribution in [0.1, 0.15) is 5.56 Å². The van der Waals surface area contributed by atoms with Crippen molar-refractivity contribution in [2.75, 3.05) is 10.5 Å². The summed E-state index contributed by atoms with van der Waals surface area (Å²) in [5.41, 5.74) is 6.58. The summed E-state index contributed by atoms with van der Waals surface area (Å²) in [7, 11) is -2.26. The van der Waals surface area contributed by atoms with E-state index in [1.54, 1.807) is 13.0 Å². The van der Waals surface area contributed by atoms with Crippen LogP contribution in [0.5, 0.6) is 0 Å². The number of halogens is 1. The lowest BCUT2D eigenvalue weighted by Crippen LogP contribution is -2.16. The molecule has 0 aliphatic carbocycles. The first kappa shape index (κ1) is 13.7. The molecule has 0 bridgehead atoms. The van der Waals surface area contributed by atoms with E-state index in [-0.39, 0.29) is 10.8 Å². The fourth-order valence-electron chi connectivity index (χ4n) is 1.46. The van der Waals surface area contributed by atoms with E-state index in [0.29, 0.717) is 15.7 Å². The summed E-state index contributed by atoms with van der Waals surface area (Å²) in [6.45, 7) is 1.67. The Labute approximate surface area is 118 Å². The number of hydrogen-bond acceptors (Lipinski definition) is 6. The molecule has 8 nitrogen and oxygen atoms in total. The van der Waals surface area contributed by atoms with Crippen molar-refractivity contribution in [2.45, 2.75) is 11.8 Å². The normalized spacial score (nSPS) is 11.5. The molecule has 0 fully saturated rings. The summed E-state index contributed by atoms with van der Waals surface area (Å²) in [5, 5.41) is 10.9. The second kappa shape index (κ2) is 4.78. The van der Waals surface area contributed by atoms with Gasteiger partial charge in [0.15, 0.2) is 0 Å². The minimum Gasteiger partial charge on any atom is -0.398 e. The van der Waals surface area contributed by atoms with E-state index in [1.807, 2.05) is 0 Å². The van der Waals surface area contributed by atoms with Crippen LogP contribution in [0.4, 0.5) is 11.6 Å². The van der Waals surface area contributed by atoms with Gasteiger partial charge in [-0.1, -0.05) is 5.10 Å². The molecule has 3 N–H and O–H groups in total. The number of nitrogens with zero attached hydrogens (tertiary/aromatic N) is 4. The predicted molar refractivity (Wildman–Crippen MR) is 72.9 cm³/mol. The molecule has 2 aromatic rings. The largest absolute Gasteiger partial charge is 0.398 e. The minimum atomic E-state index is -3.80. The summed E-state index contributed by atoms with van der Waals surface area (Å²) < 4.78 is 27.3. The number of aromatic nitrogens is 4. The van der Waals surface area contributed by atoms with Gasteiger partial charge in [0.05, 0.1) is 11.9 Å². The summed E-state index contributed by atoms with van der Waals surface area (Å²) in [6, 6.07) is 3.01. The highest BCUT2D eigenvalue weighted by molar-refractivity contribution is 9.10. The Morgan fingerprint density at radius 3 is 2.68 bits per heavy atom. The smallest absolute Gasteiger partial charge is 0.277 e. The fraction of sp³-hybridized carbons (Fsp3) is 0.222. The van der Waals surface area contributed by atoms with Crippen LogP contribution >= 0.6 is 15.9 Å². The van der Waals surface area contributed by atoms with Gasteiger partial charge >= 0.3 is 0 Å². The van der Waals surface area contributed by atoms with Crippen molar-refractivity contribution in [3.8, 4) is 0 Å². The van der Waals surface area contributed by atoms with Gasteiger partial charge < -0.3 is 5.73 Å². The van der Waals surface area contributed by atoms with E-state index in [1.165, 1.54) is 13.1 Å². The van der Waals surface area contributed by atoms with Gasteiger partial charge in [-0.2, -0.15) is 4.80 Å². The van der Waals surface area contributed by atoms with Crippen LogP contribution < -0.4 is 10.5 Å². The summed E-state index contributed by atoms with van der Waals surface area (Å²) >= 11 is 3.24. The van der Waals surface area contributed by atoms with Crippen LogP contribution in [0.2, 0.25) is 0 Å². The van der Waals surface area contributed by atoms with Crippen LogP contribution in [0.3, 0.4) is 0 Å². The zero-order valence-electron chi connectivity index (χ0n) is 10.1. The Morgan fingerprint density at radius 2 is 2.11 bits per heavy atom. The maximum atomic E-state index is 12.2. The maximum absolute atomic E-state index is 12.2. The Hall–Kier alpha value is -1.68. The van der Waals surface area contributed by atoms with E-state index in [2.05, 4.69) is 36.1 Å². The van der Waals surface area contributed by atoms with Gasteiger partial charge in [-0.3, -0.25) is 0 Å². The standard InChI is InChI=1S/C9H11BrN6O2S/c1-5-3-6(10)7(11)4-8(5)19(17,18)14-9-12-15-16(2)13-9/h3-4H,11H2,1-2H3,(H,13,14). The lowest BCUT2D eigenvalue weighted by Gasteiger charge is -2.09. The van der Waals surface area contributed by atoms with Crippen LogP contribution in [0.25, 0.3) is 0 Å². The SMILES string of the molecule is Cc1cc(Br)c(N)cc1S(=O)(=O)Nc1nnn(C)n1. The van der Waals surface area contributed by atoms with Crippen molar-refractivity contribution in [1.82, 2.24) is 20.2 Å². The Kier molecular flexibility index (Phi) is 3.45. The molecular formula is C9H11BrN6O2S. The van der Waals surface area contributed by atoms with Crippen LogP contribution in [-0.2, 0) is 17.1 Å². The second-order valence-corrected chi connectivity index (χ2v) is 6.35. The molecule has 19 heavy (non-hydrogen) atoms. The van der Waals surface area contributed by atoms with Crippen LogP contribution in [0, 0.1) is 6.92 Å². The topological polar surface area (TPSA) is 116 Å². The Morgan fingerprint density at radius 1 is 1.42 bits per heavy atom. The predicted octanol–water partition coefficient (Wildman–Crippen LogP) is 0.664. The van der Waals surface area contributed by atoms with E-state index >= 15 is 0 Å². The quantitative estimate of drug-likeness (QED) is 0.788. The first-order chi connectivity index (χ1) is 8.79. The minimum absolute atomic E-state index is 0.0700. The van der Waals surface area contributed by atoms with Gasteiger partial charge in [-0.25, -0.2) is 13.1 Å². The zero-order valence-corrected chi connectivity index (χ0v) is 12.5. The number of aryl methyl sites for hydroxylation is 2. The number of hydrogen-bond donors (Lipinski definition) is 2. The Bertz CT molecular complexity index is 726. The van der Waals surface area contributed by atoms with Crippen molar-refractivity contribution in [3.63, 3.8) is 0 Å². The molecule has 1 aromatic carbocycles. The molecule has 0 unspecified atom stereocenters. The summed E-state index contributed by atoms with van der Waals surface area (Å²) in [4.78, 5) is 1.22. The van der Waals surface area contributed by atoms with Crippen molar-refractivity contribution in [2.24, 2.45) is 7.05 Å². The van der Waals surface area contributed by atoms with E-state index in [4.69, 9.17) is 5.73 Å². The molecule has 0 atom stereocenters. The molecule has 0 aliphatic heterocycles. The van der Waals surface area contributed by atoms with Crippen molar-refractivity contribution in [1.29, 1.82) is 0 Å². The molecule has 0 radical (unpaired) electrons. The first-order valence-corrected chi connectivity index (χ1v) is 7.39. The number of sulfonamides is 1. The van der Waals surface area contributed by atoms with E-state index < -0.39 is 10.0 Å². The highest BCUT2D eigenvalue weighted by Crippen LogP contribution is 2.27. The highest BCUT2D eigenvalue weighted by Gasteiger charge is 2.20. The lowest BCUT2D eigenvalue weighted by atomic mass is 10.2. The van der Waals surface area contributed by atoms with Crippen molar-refractivity contribution in [3.05, 3.63) is 22.2 Å². The number of benzene rings is 1. The molecule has 1 aromatic heterocycles. The second-order valence-electron chi connectivity index (χ2n) is 3.85. The number of anilines is 2. The monoisotopic (exact) mass is 346 g/mol. The Balaban J connectivity index is 2.42. The molecule has 102 valence electrons. The molecular weight excluding hydrogens is 336 g/mol. The maximum Gasteiger partial charge on any atom is 0.277 e. The number of tetrazole rings is 1. The number of nitrogens with one attached hydrogen (secondary N) is 1. The third kappa shape index (κ3) is 2.84. The zero-order chi connectivity index (χ0) is 14.2. The van der Waals surface area contributed by atoms with Crippen LogP contribution in [-0.4, -0.2) is 28.6 Å². The molecule has 0 amide bonds. The van der Waals surface area contributed by atoms with Crippen molar-refractivity contribution < 1.29 is 8.42 Å². The van der Waals surface area contributed by atoms with Gasteiger partial charge in [0.2, 0.25) is 0 Å². The third-order valence-electron chi connectivity index (χ3n) is 2.32. The summed E-state index contributed by atoms with van der Waals surface area (Å²) in [6.07, 6.45) is 0. The number of nitrogens with two attached hydrogens (primary N) is 1. The van der Waals surface area contributed by atoms with Gasteiger partial charge in [-0.15, -0.1) is 5.10 Å². The molecule has 0 spiro atoms. The van der Waals surface area contributed by atoms with Crippen molar-refractivity contribution >= 4 is 37.6 Å². The lowest BCUT2D eigenvalue weighted by molar-refractivity contribution is 0.600. The average molecular weight is 347 g/mol. The molecule has 1 heterocycles. The molecule has 10 heteroatoms. The average Bonchev–Trinajstić information content (AvgIpc) is 2.68. The molecule has 0 saturated heterocycles. The van der Waals surface area contributed by atoms with Gasteiger partial charge in [-0.05, 0) is 45.8 Å². The van der Waals surface area contributed by atoms with Gasteiger partial charge in [0.25, 0.3) is 16.0 Å². The molecule has 2 rings (SSSR count). The third-order valence-corrected chi connectivity index (χ3v) is 4.47.